The second-order valence-electron chi connectivity index (χ2n) is 6.69. The molecule has 1 aromatic heterocycles. The summed E-state index contributed by atoms with van der Waals surface area (Å²) in [6.07, 6.45) is -1.07. The summed E-state index contributed by atoms with van der Waals surface area (Å²) in [5.41, 5.74) is -1.40. The Balaban J connectivity index is 1.56. The number of piperidine rings is 1. The first-order chi connectivity index (χ1) is 13.8. The van der Waals surface area contributed by atoms with Crippen LogP contribution in [-0.4, -0.2) is 47.9 Å². The van der Waals surface area contributed by atoms with E-state index < -0.39 is 23.2 Å². The van der Waals surface area contributed by atoms with E-state index in [9.17, 15) is 22.8 Å². The lowest BCUT2D eigenvalue weighted by atomic mass is 10.1. The summed E-state index contributed by atoms with van der Waals surface area (Å²) in [4.78, 5) is 30.8. The Hall–Kier alpha value is -2.46. The molecule has 1 aliphatic rings. The SMILES string of the molecule is O=C(NCCN1CCCCC1)c1csc(NC(=O)c2ccccc2C(F)(F)F)n1. The number of amides is 2. The van der Waals surface area contributed by atoms with Crippen LogP contribution in [0.3, 0.4) is 0 Å². The van der Waals surface area contributed by atoms with E-state index in [0.717, 1.165) is 43.1 Å². The standard InChI is InChI=1S/C19H21F3N4O2S/c20-19(21,22)14-7-3-2-6-13(14)16(27)25-18-24-15(12-29-18)17(28)23-8-11-26-9-4-1-5-10-26/h2-3,6-7,12H,1,4-5,8-11H2,(H,23,28)(H,24,25,27). The molecule has 0 spiro atoms. The number of rotatable bonds is 6. The molecule has 0 radical (unpaired) electrons. The number of nitrogens with one attached hydrogen (secondary N) is 2. The quantitative estimate of drug-likeness (QED) is 0.740. The topological polar surface area (TPSA) is 74.3 Å². The van der Waals surface area contributed by atoms with Crippen molar-refractivity contribution in [3.05, 3.63) is 46.5 Å². The summed E-state index contributed by atoms with van der Waals surface area (Å²) < 4.78 is 39.2. The van der Waals surface area contributed by atoms with Gasteiger partial charge in [-0.1, -0.05) is 18.6 Å². The summed E-state index contributed by atoms with van der Waals surface area (Å²) in [5, 5.41) is 6.63. The Morgan fingerprint density at radius 3 is 2.55 bits per heavy atom. The first kappa shape index (κ1) is 21.3. The molecule has 3 rings (SSSR count). The van der Waals surface area contributed by atoms with Crippen molar-refractivity contribution in [2.24, 2.45) is 0 Å². The molecule has 6 nitrogen and oxygen atoms in total. The molecule has 2 aromatic rings. The van der Waals surface area contributed by atoms with Gasteiger partial charge in [0.1, 0.15) is 5.69 Å². The molecule has 0 bridgehead atoms. The lowest BCUT2D eigenvalue weighted by Gasteiger charge is -2.26. The van der Waals surface area contributed by atoms with Gasteiger partial charge in [-0.2, -0.15) is 13.2 Å². The fourth-order valence-electron chi connectivity index (χ4n) is 3.13. The molecule has 0 atom stereocenters. The molecule has 1 aromatic carbocycles. The zero-order chi connectivity index (χ0) is 20.9. The van der Waals surface area contributed by atoms with Gasteiger partial charge >= 0.3 is 6.18 Å². The smallest absolute Gasteiger partial charge is 0.349 e. The minimum Gasteiger partial charge on any atom is -0.349 e. The van der Waals surface area contributed by atoms with Crippen molar-refractivity contribution in [3.8, 4) is 0 Å². The van der Waals surface area contributed by atoms with E-state index in [1.54, 1.807) is 0 Å². The van der Waals surface area contributed by atoms with Crippen molar-refractivity contribution in [1.82, 2.24) is 15.2 Å². The van der Waals surface area contributed by atoms with Gasteiger partial charge in [-0.25, -0.2) is 4.98 Å². The van der Waals surface area contributed by atoms with Crippen LogP contribution in [0.15, 0.2) is 29.6 Å². The van der Waals surface area contributed by atoms with Crippen molar-refractivity contribution >= 4 is 28.3 Å². The second-order valence-corrected chi connectivity index (χ2v) is 7.55. The third-order valence-electron chi connectivity index (χ3n) is 4.60. The highest BCUT2D eigenvalue weighted by molar-refractivity contribution is 7.14. The average molecular weight is 426 g/mol. The van der Waals surface area contributed by atoms with Crippen LogP contribution in [0.5, 0.6) is 0 Å². The predicted octanol–water partition coefficient (Wildman–Crippen LogP) is 3.63. The van der Waals surface area contributed by atoms with Gasteiger partial charge in [-0.05, 0) is 38.1 Å². The number of alkyl halides is 3. The molecule has 29 heavy (non-hydrogen) atoms. The van der Waals surface area contributed by atoms with Crippen LogP contribution in [0, 0.1) is 0 Å². The van der Waals surface area contributed by atoms with Crippen molar-refractivity contribution in [3.63, 3.8) is 0 Å². The number of thiazole rings is 1. The monoisotopic (exact) mass is 426 g/mol. The summed E-state index contributed by atoms with van der Waals surface area (Å²) in [7, 11) is 0. The number of carbonyl (C=O) groups excluding carboxylic acids is 2. The van der Waals surface area contributed by atoms with E-state index >= 15 is 0 Å². The lowest BCUT2D eigenvalue weighted by molar-refractivity contribution is -0.137. The molecule has 1 aliphatic heterocycles. The van der Waals surface area contributed by atoms with Gasteiger partial charge in [0.2, 0.25) is 0 Å². The van der Waals surface area contributed by atoms with Crippen LogP contribution in [0.1, 0.15) is 45.7 Å². The number of likely N-dealkylation sites (tertiary alicyclic amines) is 1. The van der Waals surface area contributed by atoms with E-state index in [-0.39, 0.29) is 16.7 Å². The van der Waals surface area contributed by atoms with Crippen LogP contribution in [-0.2, 0) is 6.18 Å². The van der Waals surface area contributed by atoms with Gasteiger partial charge in [-0.3, -0.25) is 14.9 Å². The molecule has 0 aliphatic carbocycles. The van der Waals surface area contributed by atoms with E-state index in [2.05, 4.69) is 20.5 Å². The van der Waals surface area contributed by atoms with E-state index in [1.165, 1.54) is 36.8 Å². The van der Waals surface area contributed by atoms with Gasteiger partial charge in [0, 0.05) is 18.5 Å². The number of nitrogens with zero attached hydrogens (tertiary/aromatic N) is 2. The molecule has 1 saturated heterocycles. The van der Waals surface area contributed by atoms with Crippen molar-refractivity contribution in [2.45, 2.75) is 25.4 Å². The lowest BCUT2D eigenvalue weighted by Crippen LogP contribution is -2.37. The highest BCUT2D eigenvalue weighted by Gasteiger charge is 2.35. The Morgan fingerprint density at radius 2 is 1.83 bits per heavy atom. The predicted molar refractivity (Wildman–Crippen MR) is 104 cm³/mol. The molecular formula is C19H21F3N4O2S. The summed E-state index contributed by atoms with van der Waals surface area (Å²) >= 11 is 0.980. The number of hydrogen-bond donors (Lipinski definition) is 2. The van der Waals surface area contributed by atoms with E-state index in [0.29, 0.717) is 6.54 Å². The van der Waals surface area contributed by atoms with E-state index in [4.69, 9.17) is 0 Å². The number of carbonyl (C=O) groups is 2. The van der Waals surface area contributed by atoms with Crippen LogP contribution in [0.2, 0.25) is 0 Å². The first-order valence-corrected chi connectivity index (χ1v) is 10.2. The number of hydrogen-bond acceptors (Lipinski definition) is 5. The highest BCUT2D eigenvalue weighted by atomic mass is 32.1. The van der Waals surface area contributed by atoms with Gasteiger partial charge in [-0.15, -0.1) is 11.3 Å². The average Bonchev–Trinajstić information content (AvgIpc) is 3.16. The summed E-state index contributed by atoms with van der Waals surface area (Å²) in [6.45, 7) is 3.30. The number of halogens is 3. The third-order valence-corrected chi connectivity index (χ3v) is 5.35. The number of aromatic nitrogens is 1. The van der Waals surface area contributed by atoms with E-state index in [1.807, 2.05) is 0 Å². The van der Waals surface area contributed by atoms with Crippen LogP contribution in [0.4, 0.5) is 18.3 Å². The molecule has 0 unspecified atom stereocenters. The maximum atomic E-state index is 13.1. The largest absolute Gasteiger partial charge is 0.417 e. The Morgan fingerprint density at radius 1 is 1.10 bits per heavy atom. The van der Waals surface area contributed by atoms with Gasteiger partial charge in [0.05, 0.1) is 11.1 Å². The number of benzene rings is 1. The van der Waals surface area contributed by atoms with Crippen LogP contribution in [0.25, 0.3) is 0 Å². The Labute approximate surface area is 170 Å². The van der Waals surface area contributed by atoms with Crippen LogP contribution >= 0.6 is 11.3 Å². The molecular weight excluding hydrogens is 405 g/mol. The first-order valence-electron chi connectivity index (χ1n) is 9.28. The fraction of sp³-hybridized carbons (Fsp3) is 0.421. The normalized spacial score (nSPS) is 15.1. The maximum Gasteiger partial charge on any atom is 0.417 e. The third kappa shape index (κ3) is 5.77. The van der Waals surface area contributed by atoms with Crippen molar-refractivity contribution < 1.29 is 22.8 Å². The van der Waals surface area contributed by atoms with Gasteiger partial charge in [0.25, 0.3) is 11.8 Å². The maximum absolute atomic E-state index is 13.1. The Kier molecular flexibility index (Phi) is 6.86. The zero-order valence-electron chi connectivity index (χ0n) is 15.6. The van der Waals surface area contributed by atoms with Gasteiger partial charge in [0.15, 0.2) is 5.13 Å². The minimum atomic E-state index is -4.64. The van der Waals surface area contributed by atoms with Crippen LogP contribution < -0.4 is 10.6 Å². The molecule has 1 fully saturated rings. The summed E-state index contributed by atoms with van der Waals surface area (Å²) in [5.74, 6) is -1.31. The minimum absolute atomic E-state index is 0.0631. The molecule has 10 heteroatoms. The Bertz CT molecular complexity index is 863. The summed E-state index contributed by atoms with van der Waals surface area (Å²) in [6, 6.07) is 4.51. The fourth-order valence-corrected chi connectivity index (χ4v) is 3.81. The second kappa shape index (κ2) is 9.36. The molecule has 2 N–H and O–H groups in total. The van der Waals surface area contributed by atoms with Crippen molar-refractivity contribution in [1.29, 1.82) is 0 Å². The molecule has 156 valence electrons. The van der Waals surface area contributed by atoms with Gasteiger partial charge < -0.3 is 10.2 Å². The van der Waals surface area contributed by atoms with Crippen molar-refractivity contribution in [2.75, 3.05) is 31.5 Å². The molecule has 0 saturated carbocycles. The molecule has 2 heterocycles. The number of anilines is 1. The molecule has 2 amide bonds. The zero-order valence-corrected chi connectivity index (χ0v) is 16.4. The highest BCUT2D eigenvalue weighted by Crippen LogP contribution is 2.32.